The second-order valence-corrected chi connectivity index (χ2v) is 6.08. The molecule has 0 fully saturated rings. The van der Waals surface area contributed by atoms with E-state index < -0.39 is 0 Å². The maximum atomic E-state index is 12.1. The number of rotatable bonds is 5. The molecule has 0 aliphatic heterocycles. The van der Waals surface area contributed by atoms with Crippen molar-refractivity contribution >= 4 is 22.5 Å². The standard InChI is InChI=1S/C20H22N2O/c1-14-10-11-15(2)19(12-14)22-20(23)9-5-6-16-13-21-18-8-4-3-7-17(16)18/h3-4,7-8,10-13,21H,5-6,9H2,1-2H3,(H,22,23). The van der Waals surface area contributed by atoms with Crippen LogP contribution in [0.1, 0.15) is 29.5 Å². The molecule has 3 nitrogen and oxygen atoms in total. The Morgan fingerprint density at radius 1 is 1.13 bits per heavy atom. The highest BCUT2D eigenvalue weighted by molar-refractivity contribution is 5.91. The van der Waals surface area contributed by atoms with Gasteiger partial charge in [0.2, 0.25) is 5.91 Å². The Hall–Kier alpha value is -2.55. The molecule has 1 aromatic heterocycles. The maximum absolute atomic E-state index is 12.1. The Morgan fingerprint density at radius 2 is 1.96 bits per heavy atom. The van der Waals surface area contributed by atoms with Gasteiger partial charge in [-0.15, -0.1) is 0 Å². The van der Waals surface area contributed by atoms with Crippen LogP contribution >= 0.6 is 0 Å². The normalized spacial score (nSPS) is 10.9. The Bertz CT molecular complexity index is 833. The molecule has 3 rings (SSSR count). The van der Waals surface area contributed by atoms with Crippen molar-refractivity contribution in [2.24, 2.45) is 0 Å². The van der Waals surface area contributed by atoms with Crippen molar-refractivity contribution in [3.63, 3.8) is 0 Å². The summed E-state index contributed by atoms with van der Waals surface area (Å²) in [5.74, 6) is 0.0820. The molecule has 1 heterocycles. The van der Waals surface area contributed by atoms with E-state index in [0.717, 1.165) is 35.2 Å². The van der Waals surface area contributed by atoms with Crippen molar-refractivity contribution in [2.45, 2.75) is 33.1 Å². The summed E-state index contributed by atoms with van der Waals surface area (Å²) in [5, 5.41) is 4.27. The van der Waals surface area contributed by atoms with Gasteiger partial charge in [-0.3, -0.25) is 4.79 Å². The third-order valence-corrected chi connectivity index (χ3v) is 4.19. The first kappa shape index (κ1) is 15.3. The van der Waals surface area contributed by atoms with Crippen molar-refractivity contribution < 1.29 is 4.79 Å². The topological polar surface area (TPSA) is 44.9 Å². The van der Waals surface area contributed by atoms with E-state index in [4.69, 9.17) is 0 Å². The van der Waals surface area contributed by atoms with Crippen LogP contribution in [0.4, 0.5) is 5.69 Å². The van der Waals surface area contributed by atoms with Crippen LogP contribution in [0.25, 0.3) is 10.9 Å². The predicted molar refractivity (Wildman–Crippen MR) is 95.8 cm³/mol. The van der Waals surface area contributed by atoms with Gasteiger partial charge in [-0.25, -0.2) is 0 Å². The molecular formula is C20H22N2O. The number of hydrogen-bond acceptors (Lipinski definition) is 1. The Morgan fingerprint density at radius 3 is 2.83 bits per heavy atom. The third kappa shape index (κ3) is 3.62. The van der Waals surface area contributed by atoms with Crippen LogP contribution in [-0.2, 0) is 11.2 Å². The molecule has 0 saturated carbocycles. The fraction of sp³-hybridized carbons (Fsp3) is 0.250. The van der Waals surface area contributed by atoms with Gasteiger partial charge in [-0.1, -0.05) is 30.3 Å². The quantitative estimate of drug-likeness (QED) is 0.702. The first-order valence-corrected chi connectivity index (χ1v) is 8.05. The molecule has 0 bridgehead atoms. The summed E-state index contributed by atoms with van der Waals surface area (Å²) in [6.45, 7) is 4.05. The average molecular weight is 306 g/mol. The van der Waals surface area contributed by atoms with E-state index in [2.05, 4.69) is 28.5 Å². The number of nitrogens with one attached hydrogen (secondary N) is 2. The number of hydrogen-bond donors (Lipinski definition) is 2. The molecule has 2 aromatic carbocycles. The number of amides is 1. The number of aromatic amines is 1. The first-order valence-electron chi connectivity index (χ1n) is 8.05. The Balaban J connectivity index is 1.56. The molecule has 0 aliphatic rings. The Labute approximate surface area is 136 Å². The number of aryl methyl sites for hydroxylation is 3. The monoisotopic (exact) mass is 306 g/mol. The molecule has 3 aromatic rings. The van der Waals surface area contributed by atoms with Crippen LogP contribution in [0, 0.1) is 13.8 Å². The van der Waals surface area contributed by atoms with Gasteiger partial charge in [0.05, 0.1) is 0 Å². The lowest BCUT2D eigenvalue weighted by molar-refractivity contribution is -0.116. The molecule has 0 aliphatic carbocycles. The van der Waals surface area contributed by atoms with E-state index in [9.17, 15) is 4.79 Å². The summed E-state index contributed by atoms with van der Waals surface area (Å²) >= 11 is 0. The number of fused-ring (bicyclic) bond motifs is 1. The lowest BCUT2D eigenvalue weighted by Gasteiger charge is -2.09. The lowest BCUT2D eigenvalue weighted by Crippen LogP contribution is -2.12. The van der Waals surface area contributed by atoms with Crippen LogP contribution < -0.4 is 5.32 Å². The largest absolute Gasteiger partial charge is 0.361 e. The highest BCUT2D eigenvalue weighted by atomic mass is 16.1. The van der Waals surface area contributed by atoms with E-state index in [1.165, 1.54) is 10.9 Å². The average Bonchev–Trinajstić information content (AvgIpc) is 2.94. The summed E-state index contributed by atoms with van der Waals surface area (Å²) in [4.78, 5) is 15.4. The molecule has 2 N–H and O–H groups in total. The molecule has 1 amide bonds. The zero-order valence-corrected chi connectivity index (χ0v) is 13.6. The number of benzene rings is 2. The molecule has 0 unspecified atom stereocenters. The molecule has 0 radical (unpaired) electrons. The van der Waals surface area contributed by atoms with Crippen LogP contribution in [0.2, 0.25) is 0 Å². The molecule has 118 valence electrons. The molecule has 0 spiro atoms. The SMILES string of the molecule is Cc1ccc(C)c(NC(=O)CCCc2c[nH]c3ccccc23)c1. The highest BCUT2D eigenvalue weighted by Gasteiger charge is 2.07. The molecule has 0 atom stereocenters. The van der Waals surface area contributed by atoms with Gasteiger partial charge in [0, 0.05) is 29.2 Å². The van der Waals surface area contributed by atoms with E-state index >= 15 is 0 Å². The Kier molecular flexibility index (Phi) is 4.47. The molecule has 23 heavy (non-hydrogen) atoms. The predicted octanol–water partition coefficient (Wildman–Crippen LogP) is 4.75. The van der Waals surface area contributed by atoms with Crippen molar-refractivity contribution in [3.8, 4) is 0 Å². The van der Waals surface area contributed by atoms with Gasteiger partial charge in [0.15, 0.2) is 0 Å². The zero-order valence-electron chi connectivity index (χ0n) is 13.6. The number of anilines is 1. The van der Waals surface area contributed by atoms with Crippen molar-refractivity contribution in [3.05, 3.63) is 65.4 Å². The third-order valence-electron chi connectivity index (χ3n) is 4.19. The minimum absolute atomic E-state index is 0.0820. The number of aromatic nitrogens is 1. The fourth-order valence-corrected chi connectivity index (χ4v) is 2.86. The number of H-pyrrole nitrogens is 1. The summed E-state index contributed by atoms with van der Waals surface area (Å²) in [6, 6.07) is 14.4. The molecule has 0 saturated heterocycles. The first-order chi connectivity index (χ1) is 11.1. The molecule has 3 heteroatoms. The fourth-order valence-electron chi connectivity index (χ4n) is 2.86. The number of carbonyl (C=O) groups is 1. The van der Waals surface area contributed by atoms with E-state index in [0.29, 0.717) is 6.42 Å². The highest BCUT2D eigenvalue weighted by Crippen LogP contribution is 2.20. The van der Waals surface area contributed by atoms with E-state index in [1.54, 1.807) is 0 Å². The van der Waals surface area contributed by atoms with Crippen LogP contribution in [0.3, 0.4) is 0 Å². The summed E-state index contributed by atoms with van der Waals surface area (Å²) in [6.07, 6.45) is 4.34. The van der Waals surface area contributed by atoms with Gasteiger partial charge in [0.25, 0.3) is 0 Å². The number of para-hydroxylation sites is 1. The molecular weight excluding hydrogens is 284 g/mol. The second-order valence-electron chi connectivity index (χ2n) is 6.08. The van der Waals surface area contributed by atoms with Crippen LogP contribution in [0.5, 0.6) is 0 Å². The summed E-state index contributed by atoms with van der Waals surface area (Å²) in [5.41, 5.74) is 5.61. The van der Waals surface area contributed by atoms with Gasteiger partial charge in [-0.05, 0) is 55.5 Å². The summed E-state index contributed by atoms with van der Waals surface area (Å²) < 4.78 is 0. The maximum Gasteiger partial charge on any atom is 0.224 e. The smallest absolute Gasteiger partial charge is 0.224 e. The van der Waals surface area contributed by atoms with Gasteiger partial charge in [0.1, 0.15) is 0 Å². The number of carbonyl (C=O) groups excluding carboxylic acids is 1. The van der Waals surface area contributed by atoms with Crippen molar-refractivity contribution in [1.82, 2.24) is 4.98 Å². The minimum atomic E-state index is 0.0820. The van der Waals surface area contributed by atoms with Crippen molar-refractivity contribution in [2.75, 3.05) is 5.32 Å². The summed E-state index contributed by atoms with van der Waals surface area (Å²) in [7, 11) is 0. The van der Waals surface area contributed by atoms with Gasteiger partial charge >= 0.3 is 0 Å². The van der Waals surface area contributed by atoms with Crippen LogP contribution in [0.15, 0.2) is 48.7 Å². The van der Waals surface area contributed by atoms with Crippen molar-refractivity contribution in [1.29, 1.82) is 0 Å². The van der Waals surface area contributed by atoms with Gasteiger partial charge < -0.3 is 10.3 Å². The van der Waals surface area contributed by atoms with E-state index in [1.807, 2.05) is 44.3 Å². The van der Waals surface area contributed by atoms with Gasteiger partial charge in [-0.2, -0.15) is 0 Å². The van der Waals surface area contributed by atoms with E-state index in [-0.39, 0.29) is 5.91 Å². The van der Waals surface area contributed by atoms with Crippen LogP contribution in [-0.4, -0.2) is 10.9 Å². The minimum Gasteiger partial charge on any atom is -0.361 e. The second kappa shape index (κ2) is 6.69. The lowest BCUT2D eigenvalue weighted by atomic mass is 10.1. The zero-order chi connectivity index (χ0) is 16.2.